The van der Waals surface area contributed by atoms with E-state index in [1.54, 1.807) is 6.08 Å². The Balaban J connectivity index is 1.88. The van der Waals surface area contributed by atoms with Crippen LogP contribution in [0.4, 0.5) is 0 Å². The highest BCUT2D eigenvalue weighted by atomic mass is 16.1. The first-order valence-electron chi connectivity index (χ1n) is 7.24. The fourth-order valence-corrected chi connectivity index (χ4v) is 2.83. The van der Waals surface area contributed by atoms with E-state index >= 15 is 0 Å². The molecule has 1 nitrogen and oxygen atoms in total. The van der Waals surface area contributed by atoms with Crippen LogP contribution in [0.25, 0.3) is 12.2 Å². The van der Waals surface area contributed by atoms with Gasteiger partial charge in [0.2, 0.25) is 0 Å². The Morgan fingerprint density at radius 2 is 1.67 bits per heavy atom. The molecular weight excluding hydrogens is 256 g/mol. The molecule has 0 spiro atoms. The van der Waals surface area contributed by atoms with Crippen LogP contribution in [0.15, 0.2) is 66.7 Å². The van der Waals surface area contributed by atoms with Gasteiger partial charge in [0.15, 0.2) is 5.78 Å². The molecule has 1 aliphatic rings. The molecule has 0 saturated carbocycles. The highest BCUT2D eigenvalue weighted by Gasteiger charge is 2.35. The van der Waals surface area contributed by atoms with Gasteiger partial charge in [-0.1, -0.05) is 72.8 Å². The quantitative estimate of drug-likeness (QED) is 0.796. The Hall–Kier alpha value is -2.41. The number of hydrogen-bond donors (Lipinski definition) is 0. The van der Waals surface area contributed by atoms with Crippen molar-refractivity contribution in [1.29, 1.82) is 0 Å². The van der Waals surface area contributed by atoms with E-state index in [1.165, 1.54) is 0 Å². The summed E-state index contributed by atoms with van der Waals surface area (Å²) in [6.45, 7) is 2.03. The van der Waals surface area contributed by atoms with E-state index in [2.05, 4.69) is 36.4 Å². The summed E-state index contributed by atoms with van der Waals surface area (Å²) in [5.41, 5.74) is 2.97. The van der Waals surface area contributed by atoms with Crippen LogP contribution in [-0.2, 0) is 10.2 Å². The van der Waals surface area contributed by atoms with Crippen LogP contribution in [0.1, 0.15) is 30.0 Å². The minimum absolute atomic E-state index is 0.180. The van der Waals surface area contributed by atoms with Crippen LogP contribution in [-0.4, -0.2) is 5.78 Å². The van der Waals surface area contributed by atoms with Gasteiger partial charge >= 0.3 is 0 Å². The summed E-state index contributed by atoms with van der Waals surface area (Å²) in [6.07, 6.45) is 8.52. The number of carbonyl (C=O) groups is 1. The van der Waals surface area contributed by atoms with E-state index in [4.69, 9.17) is 0 Å². The van der Waals surface area contributed by atoms with E-state index in [1.807, 2.05) is 43.3 Å². The molecule has 0 aliphatic heterocycles. The maximum Gasteiger partial charge on any atom is 0.166 e. The van der Waals surface area contributed by atoms with Crippen molar-refractivity contribution in [2.45, 2.75) is 18.8 Å². The van der Waals surface area contributed by atoms with E-state index in [9.17, 15) is 4.79 Å². The second-order valence-electron chi connectivity index (χ2n) is 5.63. The van der Waals surface area contributed by atoms with E-state index in [0.717, 1.165) is 16.7 Å². The number of fused-ring (bicyclic) bond motifs is 1. The highest BCUT2D eigenvalue weighted by molar-refractivity contribution is 6.05. The molecule has 0 fully saturated rings. The summed E-state index contributed by atoms with van der Waals surface area (Å²) in [7, 11) is 0. The van der Waals surface area contributed by atoms with Crippen molar-refractivity contribution in [3.05, 3.63) is 83.4 Å². The summed E-state index contributed by atoms with van der Waals surface area (Å²) in [5.74, 6) is 0.180. The molecular formula is C20H18O. The summed E-state index contributed by atoms with van der Waals surface area (Å²) in [4.78, 5) is 12.4. The largest absolute Gasteiger partial charge is 0.294 e. The van der Waals surface area contributed by atoms with Crippen molar-refractivity contribution in [2.75, 3.05) is 0 Å². The van der Waals surface area contributed by atoms with Gasteiger partial charge in [-0.2, -0.15) is 0 Å². The standard InChI is InChI=1S/C20H18O/c1-20(15-7-10-16-8-3-2-4-9-16)18-12-6-5-11-17(18)13-14-19(20)21/h2-14H,15H2,1H3. The Morgan fingerprint density at radius 1 is 0.952 bits per heavy atom. The molecule has 0 N–H and O–H groups in total. The van der Waals surface area contributed by atoms with Gasteiger partial charge in [-0.15, -0.1) is 0 Å². The lowest BCUT2D eigenvalue weighted by Gasteiger charge is -2.30. The summed E-state index contributed by atoms with van der Waals surface area (Å²) in [6, 6.07) is 18.3. The Labute approximate surface area is 125 Å². The van der Waals surface area contributed by atoms with Gasteiger partial charge in [0.05, 0.1) is 5.41 Å². The van der Waals surface area contributed by atoms with Gasteiger partial charge in [-0.25, -0.2) is 0 Å². The van der Waals surface area contributed by atoms with E-state index in [-0.39, 0.29) is 5.78 Å². The Morgan fingerprint density at radius 3 is 2.48 bits per heavy atom. The molecule has 0 heterocycles. The maximum absolute atomic E-state index is 12.4. The minimum atomic E-state index is -0.462. The number of benzene rings is 2. The van der Waals surface area contributed by atoms with Gasteiger partial charge in [0.1, 0.15) is 0 Å². The van der Waals surface area contributed by atoms with Crippen LogP contribution in [0.5, 0.6) is 0 Å². The zero-order valence-electron chi connectivity index (χ0n) is 12.1. The highest BCUT2D eigenvalue weighted by Crippen LogP contribution is 2.36. The average Bonchev–Trinajstić information content (AvgIpc) is 2.53. The normalized spacial score (nSPS) is 20.7. The second-order valence-corrected chi connectivity index (χ2v) is 5.63. The first-order chi connectivity index (χ1) is 10.2. The maximum atomic E-state index is 12.4. The van der Waals surface area contributed by atoms with Crippen LogP contribution in [0.2, 0.25) is 0 Å². The number of carbonyl (C=O) groups excluding carboxylic acids is 1. The molecule has 0 aromatic heterocycles. The first-order valence-corrected chi connectivity index (χ1v) is 7.24. The predicted molar refractivity (Wildman–Crippen MR) is 87.9 cm³/mol. The lowest BCUT2D eigenvalue weighted by Crippen LogP contribution is -2.33. The topological polar surface area (TPSA) is 17.1 Å². The van der Waals surface area contributed by atoms with Crippen LogP contribution < -0.4 is 0 Å². The lowest BCUT2D eigenvalue weighted by molar-refractivity contribution is -0.119. The summed E-state index contributed by atoms with van der Waals surface area (Å²) in [5, 5.41) is 0. The monoisotopic (exact) mass is 274 g/mol. The third-order valence-corrected chi connectivity index (χ3v) is 4.15. The van der Waals surface area contributed by atoms with Gasteiger partial charge < -0.3 is 0 Å². The molecule has 104 valence electrons. The van der Waals surface area contributed by atoms with Crippen molar-refractivity contribution in [1.82, 2.24) is 0 Å². The molecule has 1 unspecified atom stereocenters. The Kier molecular flexibility index (Phi) is 3.57. The molecule has 0 amide bonds. The summed E-state index contributed by atoms with van der Waals surface area (Å²) >= 11 is 0. The fourth-order valence-electron chi connectivity index (χ4n) is 2.83. The van der Waals surface area contributed by atoms with Gasteiger partial charge in [-0.3, -0.25) is 4.79 Å². The predicted octanol–water partition coefficient (Wildman–Crippen LogP) is 4.64. The zero-order chi connectivity index (χ0) is 14.7. The smallest absolute Gasteiger partial charge is 0.166 e. The van der Waals surface area contributed by atoms with Crippen LogP contribution in [0, 0.1) is 0 Å². The van der Waals surface area contributed by atoms with Crippen molar-refractivity contribution in [3.63, 3.8) is 0 Å². The molecule has 0 radical (unpaired) electrons. The third kappa shape index (κ3) is 2.59. The van der Waals surface area contributed by atoms with Gasteiger partial charge in [0.25, 0.3) is 0 Å². The minimum Gasteiger partial charge on any atom is -0.294 e. The fraction of sp³-hybridized carbons (Fsp3) is 0.150. The lowest BCUT2D eigenvalue weighted by atomic mass is 9.71. The third-order valence-electron chi connectivity index (χ3n) is 4.15. The van der Waals surface area contributed by atoms with Crippen molar-refractivity contribution in [2.24, 2.45) is 0 Å². The summed E-state index contributed by atoms with van der Waals surface area (Å²) < 4.78 is 0. The molecule has 2 aromatic rings. The van der Waals surface area contributed by atoms with Crippen molar-refractivity contribution >= 4 is 17.9 Å². The molecule has 2 aromatic carbocycles. The number of ketones is 1. The number of rotatable bonds is 3. The van der Waals surface area contributed by atoms with Gasteiger partial charge in [-0.05, 0) is 36.1 Å². The van der Waals surface area contributed by atoms with E-state index in [0.29, 0.717) is 6.42 Å². The molecule has 0 bridgehead atoms. The van der Waals surface area contributed by atoms with Crippen LogP contribution in [0.3, 0.4) is 0 Å². The molecule has 21 heavy (non-hydrogen) atoms. The zero-order valence-corrected chi connectivity index (χ0v) is 12.1. The van der Waals surface area contributed by atoms with Crippen molar-refractivity contribution < 1.29 is 4.79 Å². The molecule has 1 aliphatic carbocycles. The number of hydrogen-bond acceptors (Lipinski definition) is 1. The van der Waals surface area contributed by atoms with Crippen molar-refractivity contribution in [3.8, 4) is 0 Å². The molecule has 1 atom stereocenters. The van der Waals surface area contributed by atoms with Gasteiger partial charge in [0, 0.05) is 0 Å². The van der Waals surface area contributed by atoms with Crippen LogP contribution >= 0.6 is 0 Å². The molecule has 3 rings (SSSR count). The second kappa shape index (κ2) is 5.53. The Bertz CT molecular complexity index is 710. The SMILES string of the molecule is CC1(CC=Cc2ccccc2)C(=O)C=Cc2ccccc21. The average molecular weight is 274 g/mol. The molecule has 0 saturated heterocycles. The van der Waals surface area contributed by atoms with E-state index < -0.39 is 5.41 Å². The first kappa shape index (κ1) is 13.6. The number of allylic oxidation sites excluding steroid dienone is 2. The molecule has 1 heteroatoms.